The number of ether oxygens (including phenoxy) is 4. The van der Waals surface area contributed by atoms with Gasteiger partial charge in [0.15, 0.2) is 0 Å². The number of benzene rings is 2. The molecule has 0 spiro atoms. The molecule has 0 bridgehead atoms. The number of ketones is 1. The van der Waals surface area contributed by atoms with Crippen molar-refractivity contribution in [3.63, 3.8) is 0 Å². The second-order valence-corrected chi connectivity index (χ2v) is 14.4. The molecule has 2 aliphatic rings. The molecule has 0 saturated carbocycles. The topological polar surface area (TPSA) is 158 Å². The Morgan fingerprint density at radius 3 is 1.38 bits per heavy atom. The molecular weight excluding hydrogens is 706 g/mol. The molecule has 2 aromatic rings. The maximum absolute atomic E-state index is 12.4. The van der Waals surface area contributed by atoms with Crippen LogP contribution in [0.4, 0.5) is 32.8 Å². The van der Waals surface area contributed by atoms with Gasteiger partial charge in [-0.1, -0.05) is 12.1 Å². The number of hydrogen-bond acceptors (Lipinski definition) is 9. The van der Waals surface area contributed by atoms with Crippen molar-refractivity contribution in [1.82, 2.24) is 9.80 Å². The van der Waals surface area contributed by atoms with Crippen LogP contribution in [-0.4, -0.2) is 89.4 Å². The first-order valence-electron chi connectivity index (χ1n) is 17.2. The van der Waals surface area contributed by atoms with Crippen molar-refractivity contribution in [3.8, 4) is 11.5 Å². The van der Waals surface area contributed by atoms with Crippen LogP contribution in [0.3, 0.4) is 0 Å². The predicted molar refractivity (Wildman–Crippen MR) is 188 cm³/mol. The van der Waals surface area contributed by atoms with Crippen molar-refractivity contribution in [2.75, 3.05) is 31.9 Å². The van der Waals surface area contributed by atoms with Crippen molar-refractivity contribution in [2.24, 2.45) is 11.8 Å². The molecule has 12 nitrogen and oxygen atoms in total. The summed E-state index contributed by atoms with van der Waals surface area (Å²) >= 11 is 0. The van der Waals surface area contributed by atoms with Gasteiger partial charge in [-0.05, 0) is 109 Å². The summed E-state index contributed by atoms with van der Waals surface area (Å²) in [6, 6.07) is 11.9. The first kappa shape index (κ1) is 44.4. The number of nitrogens with zero attached hydrogens (tertiary/aromatic N) is 2. The maximum Gasteiger partial charge on any atom is 0.410 e. The number of piperidine rings is 2. The third-order valence-corrected chi connectivity index (χ3v) is 7.73. The van der Waals surface area contributed by atoms with Crippen molar-refractivity contribution in [1.29, 1.82) is 0 Å². The molecule has 2 aliphatic heterocycles. The Labute approximate surface area is 307 Å². The number of nitrogens with two attached hydrogens (primary N) is 1. The fourth-order valence-corrected chi connectivity index (χ4v) is 5.13. The number of carboxylic acid groups (broad SMARTS) is 1. The van der Waals surface area contributed by atoms with E-state index in [1.807, 2.05) is 41.5 Å². The van der Waals surface area contributed by atoms with Crippen LogP contribution in [0.15, 0.2) is 48.5 Å². The van der Waals surface area contributed by atoms with E-state index in [0.717, 1.165) is 5.56 Å². The summed E-state index contributed by atoms with van der Waals surface area (Å²) in [4.78, 5) is 50.1. The van der Waals surface area contributed by atoms with Gasteiger partial charge in [0.1, 0.15) is 28.5 Å². The number of carbonyl (C=O) groups is 4. The molecule has 0 radical (unpaired) electrons. The predicted octanol–water partition coefficient (Wildman–Crippen LogP) is 7.64. The Bertz CT molecular complexity index is 1450. The van der Waals surface area contributed by atoms with Crippen LogP contribution in [-0.2, 0) is 25.5 Å². The highest BCUT2D eigenvalue weighted by atomic mass is 19.3. The summed E-state index contributed by atoms with van der Waals surface area (Å²) in [5, 5.41) is 8.81. The minimum absolute atomic E-state index is 0.0712. The van der Waals surface area contributed by atoms with Gasteiger partial charge in [-0.2, -0.15) is 17.6 Å². The van der Waals surface area contributed by atoms with E-state index in [0.29, 0.717) is 57.5 Å². The summed E-state index contributed by atoms with van der Waals surface area (Å²) in [6.07, 6.45) is 1.76. The van der Waals surface area contributed by atoms with E-state index in [4.69, 9.17) is 20.3 Å². The fourth-order valence-electron chi connectivity index (χ4n) is 5.13. The second kappa shape index (κ2) is 20.5. The Balaban J connectivity index is 0.000000305. The number of anilines is 1. The lowest BCUT2D eigenvalue weighted by Gasteiger charge is -2.33. The van der Waals surface area contributed by atoms with Gasteiger partial charge in [0.2, 0.25) is 0 Å². The molecule has 2 heterocycles. The number of alkyl halides is 4. The molecular formula is C37H51F4N3O9. The van der Waals surface area contributed by atoms with Gasteiger partial charge in [-0.25, -0.2) is 9.59 Å². The highest BCUT2D eigenvalue weighted by molar-refractivity contribution is 5.83. The Morgan fingerprint density at radius 2 is 1.04 bits per heavy atom. The van der Waals surface area contributed by atoms with E-state index >= 15 is 0 Å². The van der Waals surface area contributed by atoms with Gasteiger partial charge in [0.25, 0.3) is 0 Å². The zero-order chi connectivity index (χ0) is 39.9. The summed E-state index contributed by atoms with van der Waals surface area (Å²) in [5.74, 6) is -0.916. The van der Waals surface area contributed by atoms with Crippen molar-refractivity contribution in [2.45, 2.75) is 98.1 Å². The van der Waals surface area contributed by atoms with Crippen LogP contribution >= 0.6 is 0 Å². The fraction of sp³-hybridized carbons (Fsp3) is 0.568. The summed E-state index contributed by atoms with van der Waals surface area (Å²) in [5.41, 5.74) is 5.55. The van der Waals surface area contributed by atoms with Crippen molar-refractivity contribution < 1.29 is 60.8 Å². The van der Waals surface area contributed by atoms with Crippen LogP contribution in [0.25, 0.3) is 0 Å². The lowest BCUT2D eigenvalue weighted by Crippen LogP contribution is -2.43. The van der Waals surface area contributed by atoms with Crippen molar-refractivity contribution >= 4 is 29.6 Å². The van der Waals surface area contributed by atoms with Crippen LogP contribution in [0, 0.1) is 11.8 Å². The SMILES string of the molecule is CC(C)(C)OC(=O)N1CCC(C(=O)Cc2ccc(OC(F)F)cc2)CC1.CC(C)(C)OC(=O)N1CCC(C(=O)O)CC1.Nc1ccc(OC(F)F)cc1. The van der Waals surface area contributed by atoms with Crippen LogP contribution in [0.1, 0.15) is 72.8 Å². The quantitative estimate of drug-likeness (QED) is 0.203. The first-order valence-corrected chi connectivity index (χ1v) is 17.2. The van der Waals surface area contributed by atoms with Crippen LogP contribution < -0.4 is 15.2 Å². The van der Waals surface area contributed by atoms with Gasteiger partial charge in [-0.15, -0.1) is 0 Å². The molecule has 16 heteroatoms. The number of halogens is 4. The van der Waals surface area contributed by atoms with E-state index < -0.39 is 30.4 Å². The molecule has 0 aliphatic carbocycles. The maximum atomic E-state index is 12.4. The molecule has 53 heavy (non-hydrogen) atoms. The molecule has 4 rings (SSSR count). The smallest absolute Gasteiger partial charge is 0.410 e. The first-order chi connectivity index (χ1) is 24.6. The van der Waals surface area contributed by atoms with E-state index in [-0.39, 0.29) is 47.7 Å². The average molecular weight is 758 g/mol. The van der Waals surface area contributed by atoms with Gasteiger partial charge in [-0.3, -0.25) is 9.59 Å². The molecule has 0 atom stereocenters. The number of aliphatic carboxylic acids is 1. The largest absolute Gasteiger partial charge is 0.481 e. The number of carboxylic acids is 1. The second-order valence-electron chi connectivity index (χ2n) is 14.4. The molecule has 2 amide bonds. The number of amides is 2. The molecule has 2 aromatic carbocycles. The van der Waals surface area contributed by atoms with Crippen molar-refractivity contribution in [3.05, 3.63) is 54.1 Å². The minimum Gasteiger partial charge on any atom is -0.481 e. The number of hydrogen-bond donors (Lipinski definition) is 2. The molecule has 0 unspecified atom stereocenters. The highest BCUT2D eigenvalue weighted by Crippen LogP contribution is 2.24. The van der Waals surface area contributed by atoms with E-state index in [1.54, 1.807) is 21.9 Å². The number of nitrogen functional groups attached to an aromatic ring is 1. The monoisotopic (exact) mass is 757 g/mol. The molecule has 2 fully saturated rings. The third kappa shape index (κ3) is 18.0. The molecule has 0 aromatic heterocycles. The van der Waals surface area contributed by atoms with Gasteiger partial charge >= 0.3 is 31.4 Å². The summed E-state index contributed by atoms with van der Waals surface area (Å²) in [7, 11) is 0. The van der Waals surface area contributed by atoms with Gasteiger partial charge in [0.05, 0.1) is 5.92 Å². The summed E-state index contributed by atoms with van der Waals surface area (Å²) in [6.45, 7) is 7.17. The van der Waals surface area contributed by atoms with E-state index in [2.05, 4.69) is 9.47 Å². The zero-order valence-corrected chi connectivity index (χ0v) is 31.0. The van der Waals surface area contributed by atoms with E-state index in [9.17, 15) is 36.7 Å². The molecule has 3 N–H and O–H groups in total. The molecule has 2 saturated heterocycles. The van der Waals surface area contributed by atoms with Crippen LogP contribution in [0.5, 0.6) is 11.5 Å². The Kier molecular flexibility index (Phi) is 17.2. The lowest BCUT2D eigenvalue weighted by atomic mass is 9.89. The van der Waals surface area contributed by atoms with Gasteiger partial charge in [0, 0.05) is 44.2 Å². The number of likely N-dealkylation sites (tertiary alicyclic amines) is 2. The highest BCUT2D eigenvalue weighted by Gasteiger charge is 2.31. The van der Waals surface area contributed by atoms with E-state index in [1.165, 1.54) is 36.4 Å². The molecule has 296 valence electrons. The lowest BCUT2D eigenvalue weighted by molar-refractivity contribution is -0.143. The number of carbonyl (C=O) groups excluding carboxylic acids is 3. The van der Waals surface area contributed by atoms with Crippen LogP contribution in [0.2, 0.25) is 0 Å². The number of rotatable bonds is 8. The standard InChI is InChI=1S/C19H25F2NO4.C11H19NO4.C7H7F2NO/c1-19(2,3)26-18(24)22-10-8-14(9-11-22)16(23)12-13-4-6-15(7-5-13)25-17(20)21;1-11(2,3)16-10(15)12-6-4-8(5-7-12)9(13)14;8-7(9)11-6-3-1-5(10)2-4-6/h4-7,14,17H,8-12H2,1-3H3;8H,4-7H2,1-3H3,(H,13,14);1-4,7H,10H2. The Morgan fingerprint density at radius 1 is 0.679 bits per heavy atom. The minimum atomic E-state index is -2.86. The average Bonchev–Trinajstić information content (AvgIpc) is 3.05. The Hall–Kier alpha value is -4.76. The third-order valence-electron chi connectivity index (χ3n) is 7.73. The van der Waals surface area contributed by atoms with Gasteiger partial charge < -0.3 is 39.6 Å². The number of Topliss-reactive ketones (excluding diaryl/α,β-unsaturated/α-hetero) is 1. The normalized spacial score (nSPS) is 15.4. The summed E-state index contributed by atoms with van der Waals surface area (Å²) < 4.78 is 66.3. The zero-order valence-electron chi connectivity index (χ0n) is 31.0.